The van der Waals surface area contributed by atoms with Gasteiger partial charge < -0.3 is 14.4 Å². The smallest absolute Gasteiger partial charge is 0.260 e. The van der Waals surface area contributed by atoms with Crippen LogP contribution in [-0.2, 0) is 14.6 Å². The average molecular weight is 327 g/mol. The second-order valence-electron chi connectivity index (χ2n) is 5.20. The third kappa shape index (κ3) is 4.13. The van der Waals surface area contributed by atoms with Gasteiger partial charge >= 0.3 is 0 Å². The summed E-state index contributed by atoms with van der Waals surface area (Å²) in [6.07, 6.45) is 0.501. The summed E-state index contributed by atoms with van der Waals surface area (Å²) in [6.45, 7) is 2.20. The van der Waals surface area contributed by atoms with E-state index < -0.39 is 9.84 Å². The molecule has 1 unspecified atom stereocenters. The van der Waals surface area contributed by atoms with Crippen LogP contribution in [0.4, 0.5) is 0 Å². The molecule has 1 amide bonds. The zero-order valence-electron chi connectivity index (χ0n) is 12.8. The van der Waals surface area contributed by atoms with Gasteiger partial charge in [-0.15, -0.1) is 0 Å². The van der Waals surface area contributed by atoms with Crippen LogP contribution in [0.1, 0.15) is 13.3 Å². The van der Waals surface area contributed by atoms with Crippen molar-refractivity contribution in [2.75, 3.05) is 31.8 Å². The van der Waals surface area contributed by atoms with Gasteiger partial charge in [0, 0.05) is 18.7 Å². The highest BCUT2D eigenvalue weighted by Gasteiger charge is 2.33. The average Bonchev–Trinajstić information content (AvgIpc) is 2.86. The molecule has 0 radical (unpaired) electrons. The summed E-state index contributed by atoms with van der Waals surface area (Å²) in [5.41, 5.74) is 0. The van der Waals surface area contributed by atoms with Gasteiger partial charge in [-0.1, -0.05) is 6.07 Å². The number of likely N-dealkylation sites (N-methyl/N-ethyl adjacent to an activating group) is 1. The van der Waals surface area contributed by atoms with Crippen LogP contribution in [-0.4, -0.2) is 57.0 Å². The van der Waals surface area contributed by atoms with Crippen molar-refractivity contribution in [2.45, 2.75) is 19.4 Å². The van der Waals surface area contributed by atoms with E-state index in [2.05, 4.69) is 0 Å². The van der Waals surface area contributed by atoms with Crippen molar-refractivity contribution in [2.24, 2.45) is 0 Å². The summed E-state index contributed by atoms with van der Waals surface area (Å²) in [6, 6.07) is 6.77. The fourth-order valence-corrected chi connectivity index (χ4v) is 4.31. The number of nitrogens with zero attached hydrogens (tertiary/aromatic N) is 1. The van der Waals surface area contributed by atoms with Crippen LogP contribution in [0.2, 0.25) is 0 Å². The zero-order chi connectivity index (χ0) is 16.2. The van der Waals surface area contributed by atoms with Gasteiger partial charge in [0.2, 0.25) is 0 Å². The molecular formula is C15H21NO5S. The second-order valence-corrected chi connectivity index (χ2v) is 7.43. The normalized spacial score (nSPS) is 19.6. The first-order valence-electron chi connectivity index (χ1n) is 7.22. The van der Waals surface area contributed by atoms with Gasteiger partial charge in [-0.25, -0.2) is 8.42 Å². The first-order valence-corrected chi connectivity index (χ1v) is 9.04. The topological polar surface area (TPSA) is 72.9 Å². The van der Waals surface area contributed by atoms with E-state index in [1.807, 2.05) is 6.92 Å². The molecule has 0 saturated carbocycles. The van der Waals surface area contributed by atoms with E-state index in [0.29, 0.717) is 24.5 Å². The molecule has 0 aliphatic carbocycles. The quantitative estimate of drug-likeness (QED) is 0.782. The second kappa shape index (κ2) is 7.00. The molecule has 22 heavy (non-hydrogen) atoms. The van der Waals surface area contributed by atoms with E-state index >= 15 is 0 Å². The molecule has 1 aromatic rings. The highest BCUT2D eigenvalue weighted by molar-refractivity contribution is 7.91. The van der Waals surface area contributed by atoms with E-state index in [4.69, 9.17) is 9.47 Å². The third-order valence-corrected chi connectivity index (χ3v) is 5.46. The minimum Gasteiger partial charge on any atom is -0.497 e. The molecule has 1 aliphatic rings. The van der Waals surface area contributed by atoms with Crippen LogP contribution in [0.3, 0.4) is 0 Å². The molecule has 0 bridgehead atoms. The summed E-state index contributed by atoms with van der Waals surface area (Å²) in [7, 11) is -1.45. The number of sulfone groups is 1. The van der Waals surface area contributed by atoms with Crippen molar-refractivity contribution in [3.8, 4) is 11.5 Å². The molecule has 0 spiro atoms. The monoisotopic (exact) mass is 327 g/mol. The number of hydrogen-bond donors (Lipinski definition) is 0. The Labute approximate surface area is 130 Å². The maximum Gasteiger partial charge on any atom is 0.260 e. The summed E-state index contributed by atoms with van der Waals surface area (Å²) in [5, 5.41) is 0. The number of carbonyl (C=O) groups excluding carboxylic acids is 1. The number of hydrogen-bond acceptors (Lipinski definition) is 5. The molecule has 1 atom stereocenters. The minimum atomic E-state index is -3.01. The van der Waals surface area contributed by atoms with Gasteiger partial charge in [0.25, 0.3) is 5.91 Å². The number of amides is 1. The Bertz CT molecular complexity index is 629. The summed E-state index contributed by atoms with van der Waals surface area (Å²) in [5.74, 6) is 1.19. The molecule has 122 valence electrons. The van der Waals surface area contributed by atoms with Crippen molar-refractivity contribution in [3.63, 3.8) is 0 Å². The number of methoxy groups -OCH3 is 1. The number of rotatable bonds is 6. The maximum atomic E-state index is 12.3. The van der Waals surface area contributed by atoms with Crippen molar-refractivity contribution in [1.29, 1.82) is 0 Å². The number of ether oxygens (including phenoxy) is 2. The summed E-state index contributed by atoms with van der Waals surface area (Å²) >= 11 is 0. The van der Waals surface area contributed by atoms with Crippen LogP contribution >= 0.6 is 0 Å². The van der Waals surface area contributed by atoms with E-state index in [9.17, 15) is 13.2 Å². The highest BCUT2D eigenvalue weighted by atomic mass is 32.2. The third-order valence-electron chi connectivity index (χ3n) is 3.71. The highest BCUT2D eigenvalue weighted by Crippen LogP contribution is 2.20. The van der Waals surface area contributed by atoms with Crippen molar-refractivity contribution >= 4 is 15.7 Å². The molecule has 0 aromatic heterocycles. The van der Waals surface area contributed by atoms with E-state index in [0.717, 1.165) is 0 Å². The van der Waals surface area contributed by atoms with Gasteiger partial charge in [-0.2, -0.15) is 0 Å². The van der Waals surface area contributed by atoms with Crippen LogP contribution in [0.25, 0.3) is 0 Å². The van der Waals surface area contributed by atoms with Crippen LogP contribution < -0.4 is 9.47 Å². The predicted octanol–water partition coefficient (Wildman–Crippen LogP) is 1.11. The maximum absolute atomic E-state index is 12.3. The molecule has 1 fully saturated rings. The Balaban J connectivity index is 1.95. The van der Waals surface area contributed by atoms with Crippen LogP contribution in [0, 0.1) is 0 Å². The standard InChI is InChI=1S/C15H21NO5S/c1-3-16(12-7-8-22(18,19)11-12)15(17)10-21-14-6-4-5-13(9-14)20-2/h4-6,9,12H,3,7-8,10-11H2,1-2H3. The molecule has 0 N–H and O–H groups in total. The van der Waals surface area contributed by atoms with Crippen LogP contribution in [0.15, 0.2) is 24.3 Å². The summed E-state index contributed by atoms with van der Waals surface area (Å²) < 4.78 is 33.7. The van der Waals surface area contributed by atoms with Gasteiger partial charge in [0.15, 0.2) is 16.4 Å². The lowest BCUT2D eigenvalue weighted by molar-refractivity contribution is -0.135. The predicted molar refractivity (Wildman–Crippen MR) is 82.9 cm³/mol. The Morgan fingerprint density at radius 3 is 2.68 bits per heavy atom. The lowest BCUT2D eigenvalue weighted by Gasteiger charge is -2.26. The minimum absolute atomic E-state index is 0.0474. The summed E-state index contributed by atoms with van der Waals surface area (Å²) in [4.78, 5) is 13.9. The Hall–Kier alpha value is -1.76. The molecule has 1 heterocycles. The van der Waals surface area contributed by atoms with Crippen LogP contribution in [0.5, 0.6) is 11.5 Å². The zero-order valence-corrected chi connectivity index (χ0v) is 13.6. The Kier molecular flexibility index (Phi) is 5.28. The lowest BCUT2D eigenvalue weighted by atomic mass is 10.2. The molecule has 1 saturated heterocycles. The first kappa shape index (κ1) is 16.6. The van der Waals surface area contributed by atoms with Gasteiger partial charge in [0.1, 0.15) is 11.5 Å². The van der Waals surface area contributed by atoms with Gasteiger partial charge in [-0.3, -0.25) is 4.79 Å². The molecular weight excluding hydrogens is 306 g/mol. The Morgan fingerprint density at radius 2 is 2.09 bits per heavy atom. The molecule has 2 rings (SSSR count). The van der Waals surface area contributed by atoms with Gasteiger partial charge in [-0.05, 0) is 25.5 Å². The molecule has 1 aliphatic heterocycles. The van der Waals surface area contributed by atoms with Gasteiger partial charge in [0.05, 0.1) is 18.6 Å². The molecule has 1 aromatic carbocycles. The number of benzene rings is 1. The first-order chi connectivity index (χ1) is 10.4. The van der Waals surface area contributed by atoms with Crippen molar-refractivity contribution < 1.29 is 22.7 Å². The Morgan fingerprint density at radius 1 is 1.36 bits per heavy atom. The fourth-order valence-electron chi connectivity index (χ4n) is 2.58. The van der Waals surface area contributed by atoms with Crippen molar-refractivity contribution in [1.82, 2.24) is 4.90 Å². The molecule has 7 heteroatoms. The van der Waals surface area contributed by atoms with E-state index in [-0.39, 0.29) is 30.1 Å². The van der Waals surface area contributed by atoms with E-state index in [1.54, 1.807) is 36.3 Å². The SMILES string of the molecule is CCN(C(=O)COc1cccc(OC)c1)C1CCS(=O)(=O)C1. The van der Waals surface area contributed by atoms with E-state index in [1.165, 1.54) is 0 Å². The number of carbonyl (C=O) groups is 1. The lowest BCUT2D eigenvalue weighted by Crippen LogP contribution is -2.43. The largest absolute Gasteiger partial charge is 0.497 e. The fraction of sp³-hybridized carbons (Fsp3) is 0.533. The molecule has 6 nitrogen and oxygen atoms in total. The van der Waals surface area contributed by atoms with Crippen molar-refractivity contribution in [3.05, 3.63) is 24.3 Å².